The largest absolute Gasteiger partial charge is 0.368 e. The Morgan fingerprint density at radius 3 is 2.65 bits per heavy atom. The first-order valence-electron chi connectivity index (χ1n) is 7.84. The zero-order valence-corrected chi connectivity index (χ0v) is 12.8. The smallest absolute Gasteiger partial charge is 0.157 e. The van der Waals surface area contributed by atoms with Gasteiger partial charge in [0.25, 0.3) is 0 Å². The molecule has 1 aromatic carbocycles. The Bertz CT molecular complexity index is 522. The lowest BCUT2D eigenvalue weighted by atomic mass is 9.49. The molecule has 1 unspecified atom stereocenters. The van der Waals surface area contributed by atoms with Crippen LogP contribution in [0, 0.1) is 18.3 Å². The number of fused-ring (bicyclic) bond motifs is 3. The topological polar surface area (TPSA) is 40.5 Å². The second kappa shape index (κ2) is 4.57. The molecule has 1 fully saturated rings. The lowest BCUT2D eigenvalue weighted by molar-refractivity contribution is -0.179. The Hall–Kier alpha value is -0.860. The Morgan fingerprint density at radius 1 is 1.20 bits per heavy atom. The molecule has 0 bridgehead atoms. The van der Waals surface area contributed by atoms with Crippen molar-refractivity contribution < 1.29 is 10.2 Å². The average Bonchev–Trinajstić information content (AvgIpc) is 2.37. The van der Waals surface area contributed by atoms with Crippen molar-refractivity contribution >= 4 is 0 Å². The second-order valence-corrected chi connectivity index (χ2v) is 7.40. The number of aryl methyl sites for hydroxylation is 2. The molecule has 1 aromatic rings. The number of aliphatic hydroxyl groups excluding tert-OH is 1. The van der Waals surface area contributed by atoms with Crippen molar-refractivity contribution in [2.24, 2.45) is 11.3 Å². The van der Waals surface area contributed by atoms with E-state index in [9.17, 15) is 10.2 Å². The van der Waals surface area contributed by atoms with Gasteiger partial charge in [-0.3, -0.25) is 0 Å². The maximum Gasteiger partial charge on any atom is 0.157 e. The van der Waals surface area contributed by atoms with Gasteiger partial charge in [-0.1, -0.05) is 44.0 Å². The fourth-order valence-electron chi connectivity index (χ4n) is 4.98. The first-order chi connectivity index (χ1) is 9.38. The lowest BCUT2D eigenvalue weighted by Gasteiger charge is -2.56. The first-order valence-corrected chi connectivity index (χ1v) is 7.84. The monoisotopic (exact) mass is 274 g/mol. The lowest BCUT2D eigenvalue weighted by Crippen LogP contribution is -2.53. The maximum atomic E-state index is 9.94. The van der Waals surface area contributed by atoms with E-state index in [0.29, 0.717) is 5.92 Å². The van der Waals surface area contributed by atoms with Gasteiger partial charge in [0.05, 0.1) is 0 Å². The van der Waals surface area contributed by atoms with Gasteiger partial charge in [-0.25, -0.2) is 0 Å². The molecule has 2 nitrogen and oxygen atoms in total. The standard InChI is InChI=1S/C18H26O2/c1-12-5-7-14-13(11-12)6-8-15-17(14,2)9-4-10-18(15,3)16(19)20/h5,7,11,15-16,19-20H,4,6,8-10H2,1-3H3/t15-,17?,18-/m1/s1. The minimum Gasteiger partial charge on any atom is -0.368 e. The third-order valence-corrected chi connectivity index (χ3v) is 6.14. The van der Waals surface area contributed by atoms with E-state index in [2.05, 4.69) is 39.0 Å². The van der Waals surface area contributed by atoms with Gasteiger partial charge in [0.15, 0.2) is 6.29 Å². The molecule has 0 amide bonds. The summed E-state index contributed by atoms with van der Waals surface area (Å²) in [6, 6.07) is 6.80. The second-order valence-electron chi connectivity index (χ2n) is 7.40. The minimum atomic E-state index is -1.21. The van der Waals surface area contributed by atoms with Gasteiger partial charge in [-0.05, 0) is 55.1 Å². The van der Waals surface area contributed by atoms with Crippen molar-refractivity contribution in [3.63, 3.8) is 0 Å². The van der Waals surface area contributed by atoms with Crippen LogP contribution in [0.3, 0.4) is 0 Å². The van der Waals surface area contributed by atoms with E-state index in [0.717, 1.165) is 32.1 Å². The highest BCUT2D eigenvalue weighted by atomic mass is 16.5. The van der Waals surface area contributed by atoms with Crippen LogP contribution in [-0.2, 0) is 11.8 Å². The third-order valence-electron chi connectivity index (χ3n) is 6.14. The summed E-state index contributed by atoms with van der Waals surface area (Å²) in [7, 11) is 0. The number of rotatable bonds is 1. The fraction of sp³-hybridized carbons (Fsp3) is 0.667. The van der Waals surface area contributed by atoms with E-state index in [1.54, 1.807) is 0 Å². The van der Waals surface area contributed by atoms with E-state index in [-0.39, 0.29) is 10.8 Å². The molecule has 0 spiro atoms. The number of hydrogen-bond donors (Lipinski definition) is 2. The van der Waals surface area contributed by atoms with Crippen molar-refractivity contribution in [3.05, 3.63) is 34.9 Å². The molecule has 2 aliphatic carbocycles. The van der Waals surface area contributed by atoms with Gasteiger partial charge in [0, 0.05) is 5.41 Å². The molecule has 3 atom stereocenters. The normalized spacial score (nSPS) is 36.6. The van der Waals surface area contributed by atoms with Crippen LogP contribution < -0.4 is 0 Å². The van der Waals surface area contributed by atoms with Crippen LogP contribution in [0.4, 0.5) is 0 Å². The molecular formula is C18H26O2. The summed E-state index contributed by atoms with van der Waals surface area (Å²) in [6.07, 6.45) is 4.09. The minimum absolute atomic E-state index is 0.0952. The Kier molecular flexibility index (Phi) is 3.22. The molecule has 3 rings (SSSR count). The predicted octanol–water partition coefficient (Wildman–Crippen LogP) is 3.32. The van der Waals surface area contributed by atoms with E-state index in [1.807, 2.05) is 0 Å². The molecule has 2 N–H and O–H groups in total. The summed E-state index contributed by atoms with van der Waals surface area (Å²) in [4.78, 5) is 0. The van der Waals surface area contributed by atoms with Crippen LogP contribution in [0.25, 0.3) is 0 Å². The van der Waals surface area contributed by atoms with Crippen molar-refractivity contribution in [1.29, 1.82) is 0 Å². The van der Waals surface area contributed by atoms with Crippen LogP contribution in [0.15, 0.2) is 18.2 Å². The third kappa shape index (κ3) is 1.85. The highest BCUT2D eigenvalue weighted by molar-refractivity contribution is 5.41. The van der Waals surface area contributed by atoms with Gasteiger partial charge >= 0.3 is 0 Å². The maximum absolute atomic E-state index is 9.94. The highest BCUT2D eigenvalue weighted by Crippen LogP contribution is 2.58. The Morgan fingerprint density at radius 2 is 1.95 bits per heavy atom. The molecule has 0 heterocycles. The quantitative estimate of drug-likeness (QED) is 0.771. The number of benzene rings is 1. The molecule has 110 valence electrons. The molecule has 2 heteroatoms. The van der Waals surface area contributed by atoms with Crippen LogP contribution in [0.1, 0.15) is 56.2 Å². The van der Waals surface area contributed by atoms with Crippen molar-refractivity contribution in [2.45, 2.75) is 64.6 Å². The Balaban J connectivity index is 2.09. The van der Waals surface area contributed by atoms with Crippen molar-refractivity contribution in [1.82, 2.24) is 0 Å². The zero-order valence-electron chi connectivity index (χ0n) is 12.8. The van der Waals surface area contributed by atoms with Crippen LogP contribution in [0.5, 0.6) is 0 Å². The van der Waals surface area contributed by atoms with Crippen molar-refractivity contribution in [2.75, 3.05) is 0 Å². The summed E-state index contributed by atoms with van der Waals surface area (Å²) in [5, 5.41) is 19.9. The van der Waals surface area contributed by atoms with Crippen molar-refractivity contribution in [3.8, 4) is 0 Å². The molecule has 2 aliphatic rings. The number of aliphatic hydroxyl groups is 2. The molecular weight excluding hydrogens is 248 g/mol. The van der Waals surface area contributed by atoms with E-state index in [4.69, 9.17) is 0 Å². The summed E-state index contributed by atoms with van der Waals surface area (Å²) >= 11 is 0. The van der Waals surface area contributed by atoms with Crippen LogP contribution in [0.2, 0.25) is 0 Å². The molecule has 0 radical (unpaired) electrons. The molecule has 0 aliphatic heterocycles. The molecule has 20 heavy (non-hydrogen) atoms. The Labute approximate surface area is 121 Å². The van der Waals surface area contributed by atoms with Gasteiger partial charge in [-0.2, -0.15) is 0 Å². The average molecular weight is 274 g/mol. The van der Waals surface area contributed by atoms with E-state index in [1.165, 1.54) is 16.7 Å². The molecule has 0 saturated heterocycles. The van der Waals surface area contributed by atoms with Crippen LogP contribution >= 0.6 is 0 Å². The van der Waals surface area contributed by atoms with Gasteiger partial charge in [0.2, 0.25) is 0 Å². The first kappa shape index (κ1) is 14.1. The zero-order chi connectivity index (χ0) is 14.5. The summed E-state index contributed by atoms with van der Waals surface area (Å²) in [5.41, 5.74) is 3.98. The van der Waals surface area contributed by atoms with E-state index >= 15 is 0 Å². The van der Waals surface area contributed by atoms with Crippen LogP contribution in [-0.4, -0.2) is 16.5 Å². The summed E-state index contributed by atoms with van der Waals surface area (Å²) in [6.45, 7) is 6.56. The predicted molar refractivity (Wildman–Crippen MR) is 80.5 cm³/mol. The SMILES string of the molecule is Cc1ccc2c(c1)CC[C@@H]1C2(C)CCC[C@@]1(C)C(O)O. The molecule has 1 saturated carbocycles. The fourth-order valence-corrected chi connectivity index (χ4v) is 4.98. The summed E-state index contributed by atoms with van der Waals surface area (Å²) < 4.78 is 0. The number of hydrogen-bond acceptors (Lipinski definition) is 2. The highest BCUT2D eigenvalue weighted by Gasteiger charge is 2.54. The van der Waals surface area contributed by atoms with E-state index < -0.39 is 6.29 Å². The molecule has 0 aromatic heterocycles. The van der Waals surface area contributed by atoms with Gasteiger partial charge in [-0.15, -0.1) is 0 Å². The summed E-state index contributed by atoms with van der Waals surface area (Å²) in [5.74, 6) is 0.360. The van der Waals surface area contributed by atoms with Gasteiger partial charge < -0.3 is 10.2 Å². The van der Waals surface area contributed by atoms with Gasteiger partial charge in [0.1, 0.15) is 0 Å².